The molecule has 1 rings (SSSR count). The molecular weight excluding hydrogens is 184 g/mol. The Morgan fingerprint density at radius 3 is 2.36 bits per heavy atom. The van der Waals surface area contributed by atoms with Gasteiger partial charge in [0.25, 0.3) is 6.41 Å². The third kappa shape index (κ3) is 2.85. The highest BCUT2D eigenvalue weighted by atomic mass is 16.7. The molecule has 1 aliphatic rings. The summed E-state index contributed by atoms with van der Waals surface area (Å²) < 4.78 is 10.1. The molecule has 82 valence electrons. The van der Waals surface area contributed by atoms with Crippen molar-refractivity contribution in [3.8, 4) is 0 Å². The molecule has 0 aromatic carbocycles. The molecular formula is C9H18N2O3. The second-order valence-electron chi connectivity index (χ2n) is 3.58. The van der Waals surface area contributed by atoms with Crippen molar-refractivity contribution in [1.29, 1.82) is 0 Å². The highest BCUT2D eigenvalue weighted by Crippen LogP contribution is 2.10. The van der Waals surface area contributed by atoms with Gasteiger partial charge in [-0.05, 0) is 26.9 Å². The predicted molar refractivity (Wildman–Crippen MR) is 51.8 cm³/mol. The molecule has 0 saturated carbocycles. The zero-order chi connectivity index (χ0) is 10.6. The number of carbonyl (C=O) groups is 1. The number of carbonyl (C=O) groups excluding carboxylic acids is 1. The van der Waals surface area contributed by atoms with Crippen LogP contribution in [0.1, 0.15) is 12.8 Å². The van der Waals surface area contributed by atoms with Crippen LogP contribution >= 0.6 is 0 Å². The number of nitrogens with zero attached hydrogens (tertiary/aromatic N) is 2. The molecule has 14 heavy (non-hydrogen) atoms. The van der Waals surface area contributed by atoms with Gasteiger partial charge >= 0.3 is 6.09 Å². The molecule has 5 heteroatoms. The number of amides is 1. The molecule has 0 aliphatic carbocycles. The highest BCUT2D eigenvalue weighted by Gasteiger charge is 2.23. The van der Waals surface area contributed by atoms with Gasteiger partial charge in [0.2, 0.25) is 0 Å². The van der Waals surface area contributed by atoms with E-state index in [1.807, 2.05) is 0 Å². The van der Waals surface area contributed by atoms with Crippen LogP contribution in [-0.2, 0) is 9.47 Å². The van der Waals surface area contributed by atoms with Crippen molar-refractivity contribution in [2.24, 2.45) is 0 Å². The van der Waals surface area contributed by atoms with Crippen molar-refractivity contribution in [3.63, 3.8) is 0 Å². The van der Waals surface area contributed by atoms with E-state index in [1.54, 1.807) is 23.9 Å². The molecule has 5 nitrogen and oxygen atoms in total. The molecule has 1 atom stereocenters. The number of rotatable bonds is 3. The van der Waals surface area contributed by atoms with Crippen LogP contribution in [0.25, 0.3) is 0 Å². The first-order chi connectivity index (χ1) is 6.65. The van der Waals surface area contributed by atoms with Gasteiger partial charge < -0.3 is 14.4 Å². The monoisotopic (exact) mass is 202 g/mol. The molecule has 1 saturated heterocycles. The fourth-order valence-corrected chi connectivity index (χ4v) is 1.42. The first-order valence-electron chi connectivity index (χ1n) is 4.80. The van der Waals surface area contributed by atoms with Crippen LogP contribution in [0.5, 0.6) is 0 Å². The van der Waals surface area contributed by atoms with Gasteiger partial charge in [0.15, 0.2) is 0 Å². The Morgan fingerprint density at radius 1 is 1.36 bits per heavy atom. The Bertz CT molecular complexity index is 190. The van der Waals surface area contributed by atoms with Crippen molar-refractivity contribution in [2.75, 3.05) is 34.3 Å². The maximum Gasteiger partial charge on any atom is 0.413 e. The number of hydrogen-bond donors (Lipinski definition) is 0. The molecule has 0 spiro atoms. The minimum atomic E-state index is -0.594. The van der Waals surface area contributed by atoms with Gasteiger partial charge in [-0.15, -0.1) is 0 Å². The summed E-state index contributed by atoms with van der Waals surface area (Å²) in [6, 6.07) is 0. The van der Waals surface area contributed by atoms with Crippen molar-refractivity contribution in [1.82, 2.24) is 9.80 Å². The molecule has 0 aromatic rings. The van der Waals surface area contributed by atoms with Gasteiger partial charge in [-0.1, -0.05) is 0 Å². The molecule has 0 radical (unpaired) electrons. The number of methoxy groups -OCH3 is 1. The first kappa shape index (κ1) is 11.3. The summed E-state index contributed by atoms with van der Waals surface area (Å²) in [6.45, 7) is 1.59. The first-order valence-corrected chi connectivity index (χ1v) is 4.80. The van der Waals surface area contributed by atoms with Gasteiger partial charge in [-0.25, -0.2) is 4.79 Å². The highest BCUT2D eigenvalue weighted by molar-refractivity contribution is 5.67. The van der Waals surface area contributed by atoms with Crippen molar-refractivity contribution < 1.29 is 14.3 Å². The Labute approximate surface area is 84.6 Å². The molecule has 1 unspecified atom stereocenters. The van der Waals surface area contributed by atoms with Gasteiger partial charge in [0, 0.05) is 20.2 Å². The average Bonchev–Trinajstić information content (AvgIpc) is 2.65. The van der Waals surface area contributed by atoms with E-state index in [0.717, 1.165) is 25.9 Å². The largest absolute Gasteiger partial charge is 0.413 e. The lowest BCUT2D eigenvalue weighted by atomic mass is 10.4. The average molecular weight is 202 g/mol. The van der Waals surface area contributed by atoms with Crippen molar-refractivity contribution >= 4 is 6.09 Å². The number of ether oxygens (including phenoxy) is 2. The third-order valence-electron chi connectivity index (χ3n) is 2.19. The Balaban J connectivity index is 2.37. The number of hydrogen-bond acceptors (Lipinski definition) is 4. The standard InChI is InChI=1S/C9H18N2O3/c1-10(2)9(13-3)14-8(12)11-6-4-5-7-11/h9H,4-7H2,1-3H3. The Morgan fingerprint density at radius 2 is 1.93 bits per heavy atom. The number of likely N-dealkylation sites (tertiary alicyclic amines) is 1. The molecule has 0 bridgehead atoms. The minimum Gasteiger partial charge on any atom is -0.405 e. The van der Waals surface area contributed by atoms with Crippen LogP contribution in [0.4, 0.5) is 4.79 Å². The van der Waals surface area contributed by atoms with Crippen LogP contribution in [0.2, 0.25) is 0 Å². The van der Waals surface area contributed by atoms with Gasteiger partial charge in [0.05, 0.1) is 0 Å². The quantitative estimate of drug-likeness (QED) is 0.632. The summed E-state index contributed by atoms with van der Waals surface area (Å²) in [5, 5.41) is 0. The van der Waals surface area contributed by atoms with Gasteiger partial charge in [0.1, 0.15) is 0 Å². The van der Waals surface area contributed by atoms with Crippen molar-refractivity contribution in [2.45, 2.75) is 19.3 Å². The van der Waals surface area contributed by atoms with E-state index in [0.29, 0.717) is 0 Å². The fourth-order valence-electron chi connectivity index (χ4n) is 1.42. The summed E-state index contributed by atoms with van der Waals surface area (Å²) in [5.74, 6) is 0. The van der Waals surface area contributed by atoms with E-state index >= 15 is 0 Å². The van der Waals surface area contributed by atoms with Crippen LogP contribution in [0, 0.1) is 0 Å². The predicted octanol–water partition coefficient (Wildman–Crippen LogP) is 0.710. The summed E-state index contributed by atoms with van der Waals surface area (Å²) in [6.07, 6.45) is 1.25. The van der Waals surface area contributed by atoms with E-state index in [1.165, 1.54) is 7.11 Å². The lowest BCUT2D eigenvalue weighted by molar-refractivity contribution is -0.165. The van der Waals surface area contributed by atoms with Gasteiger partial charge in [-0.3, -0.25) is 4.90 Å². The molecule has 0 N–H and O–H groups in total. The molecule has 1 heterocycles. The molecule has 1 fully saturated rings. The van der Waals surface area contributed by atoms with Crippen LogP contribution in [0.3, 0.4) is 0 Å². The summed E-state index contributed by atoms with van der Waals surface area (Å²) >= 11 is 0. The third-order valence-corrected chi connectivity index (χ3v) is 2.19. The topological polar surface area (TPSA) is 42.0 Å². The van der Waals surface area contributed by atoms with Crippen LogP contribution in [-0.4, -0.2) is 56.6 Å². The Kier molecular flexibility index (Phi) is 4.16. The zero-order valence-electron chi connectivity index (χ0n) is 9.02. The summed E-state index contributed by atoms with van der Waals surface area (Å²) in [4.78, 5) is 14.9. The van der Waals surface area contributed by atoms with E-state index in [-0.39, 0.29) is 6.09 Å². The maximum atomic E-state index is 11.5. The van der Waals surface area contributed by atoms with Gasteiger partial charge in [-0.2, -0.15) is 0 Å². The fraction of sp³-hybridized carbons (Fsp3) is 0.889. The smallest absolute Gasteiger partial charge is 0.405 e. The maximum absolute atomic E-state index is 11.5. The van der Waals surface area contributed by atoms with Crippen molar-refractivity contribution in [3.05, 3.63) is 0 Å². The summed E-state index contributed by atoms with van der Waals surface area (Å²) in [7, 11) is 5.11. The van der Waals surface area contributed by atoms with E-state index in [9.17, 15) is 4.79 Å². The zero-order valence-corrected chi connectivity index (χ0v) is 9.02. The SMILES string of the molecule is COC(OC(=O)N1CCCC1)N(C)C. The van der Waals surface area contributed by atoms with Crippen LogP contribution in [0.15, 0.2) is 0 Å². The molecule has 1 aliphatic heterocycles. The normalized spacial score (nSPS) is 18.7. The molecule has 0 aromatic heterocycles. The summed E-state index contributed by atoms with van der Waals surface area (Å²) in [5.41, 5.74) is 0. The van der Waals surface area contributed by atoms with E-state index in [4.69, 9.17) is 9.47 Å². The lowest BCUT2D eigenvalue weighted by Gasteiger charge is -2.24. The van der Waals surface area contributed by atoms with Crippen LogP contribution < -0.4 is 0 Å². The van der Waals surface area contributed by atoms with E-state index in [2.05, 4.69) is 0 Å². The lowest BCUT2D eigenvalue weighted by Crippen LogP contribution is -2.39. The molecule has 1 amide bonds. The van der Waals surface area contributed by atoms with E-state index < -0.39 is 6.41 Å². The second kappa shape index (κ2) is 5.17. The Hall–Kier alpha value is -0.810. The minimum absolute atomic E-state index is 0.289. The second-order valence-corrected chi connectivity index (χ2v) is 3.58.